The number of aromatic nitrogens is 2. The summed E-state index contributed by atoms with van der Waals surface area (Å²) in [6.45, 7) is 6.89. The summed E-state index contributed by atoms with van der Waals surface area (Å²) in [5.74, 6) is 0.279. The third kappa shape index (κ3) is 5.61. The van der Waals surface area contributed by atoms with Crippen LogP contribution in [0.4, 0.5) is 10.1 Å². The second-order valence-electron chi connectivity index (χ2n) is 7.95. The van der Waals surface area contributed by atoms with Crippen LogP contribution in [0.3, 0.4) is 0 Å². The number of thiophene rings is 1. The lowest BCUT2D eigenvalue weighted by Gasteiger charge is -2.12. The van der Waals surface area contributed by atoms with Crippen LogP contribution in [0.5, 0.6) is 5.75 Å². The Balaban J connectivity index is 1.36. The topological polar surface area (TPSA) is 56.1 Å². The van der Waals surface area contributed by atoms with Crippen LogP contribution in [0, 0.1) is 26.6 Å². The molecule has 0 aliphatic heterocycles. The van der Waals surface area contributed by atoms with Gasteiger partial charge in [0.15, 0.2) is 0 Å². The number of hydrogen-bond acceptors (Lipinski definition) is 4. The lowest BCUT2D eigenvalue weighted by atomic mass is 10.1. The van der Waals surface area contributed by atoms with Crippen molar-refractivity contribution < 1.29 is 13.9 Å². The number of halogens is 2. The van der Waals surface area contributed by atoms with E-state index in [4.69, 9.17) is 16.3 Å². The highest BCUT2D eigenvalue weighted by molar-refractivity contribution is 7.12. The summed E-state index contributed by atoms with van der Waals surface area (Å²) in [7, 11) is 0. The third-order valence-electron chi connectivity index (χ3n) is 5.10. The Morgan fingerprint density at radius 2 is 1.94 bits per heavy atom. The number of aryl methyl sites for hydroxylation is 3. The first-order chi connectivity index (χ1) is 15.8. The first-order valence-corrected chi connectivity index (χ1v) is 11.6. The van der Waals surface area contributed by atoms with Crippen LogP contribution in [-0.4, -0.2) is 15.7 Å². The maximum atomic E-state index is 13.2. The smallest absolute Gasteiger partial charge is 0.265 e. The number of anilines is 1. The molecule has 0 aliphatic rings. The third-order valence-corrected chi connectivity index (χ3v) is 6.43. The largest absolute Gasteiger partial charge is 0.488 e. The van der Waals surface area contributed by atoms with E-state index in [2.05, 4.69) is 29.5 Å². The molecule has 0 saturated carbocycles. The van der Waals surface area contributed by atoms with Gasteiger partial charge in [-0.15, -0.1) is 11.3 Å². The number of carbonyl (C=O) groups is 1. The molecule has 8 heteroatoms. The van der Waals surface area contributed by atoms with Gasteiger partial charge in [0.2, 0.25) is 0 Å². The fraction of sp³-hybridized carbons (Fsp3) is 0.200. The molecule has 5 nitrogen and oxygen atoms in total. The molecular weight excluding hydrogens is 461 g/mol. The predicted molar refractivity (Wildman–Crippen MR) is 130 cm³/mol. The monoisotopic (exact) mass is 483 g/mol. The van der Waals surface area contributed by atoms with E-state index in [1.54, 1.807) is 23.1 Å². The van der Waals surface area contributed by atoms with Crippen molar-refractivity contribution >= 4 is 34.5 Å². The average Bonchev–Trinajstić information content (AvgIpc) is 3.39. The van der Waals surface area contributed by atoms with Crippen molar-refractivity contribution in [3.8, 4) is 5.75 Å². The van der Waals surface area contributed by atoms with E-state index in [0.717, 1.165) is 28.0 Å². The molecule has 0 unspecified atom stereocenters. The maximum Gasteiger partial charge on any atom is 0.265 e. The summed E-state index contributed by atoms with van der Waals surface area (Å²) in [5.41, 5.74) is 5.64. The predicted octanol–water partition coefficient (Wildman–Crippen LogP) is 6.54. The number of nitrogens with zero attached hydrogens (tertiary/aromatic N) is 2. The zero-order chi connectivity index (χ0) is 23.5. The van der Waals surface area contributed by atoms with Gasteiger partial charge in [0.1, 0.15) is 18.2 Å². The molecule has 0 fully saturated rings. The summed E-state index contributed by atoms with van der Waals surface area (Å²) in [4.78, 5) is 13.2. The van der Waals surface area contributed by atoms with E-state index in [0.29, 0.717) is 28.7 Å². The summed E-state index contributed by atoms with van der Waals surface area (Å²) < 4.78 is 20.9. The van der Waals surface area contributed by atoms with Crippen LogP contribution in [0.2, 0.25) is 5.02 Å². The highest BCUT2D eigenvalue weighted by atomic mass is 35.5. The van der Waals surface area contributed by atoms with Gasteiger partial charge in [0.05, 0.1) is 23.3 Å². The van der Waals surface area contributed by atoms with E-state index in [-0.39, 0.29) is 11.7 Å². The Labute approximate surface area is 200 Å². The molecule has 0 saturated heterocycles. The van der Waals surface area contributed by atoms with Crippen LogP contribution in [0.15, 0.2) is 54.2 Å². The summed E-state index contributed by atoms with van der Waals surface area (Å²) in [6.07, 6.45) is 3.27. The average molecular weight is 484 g/mol. The Kier molecular flexibility index (Phi) is 6.81. The Hall–Kier alpha value is -3.16. The number of nitrogens with one attached hydrogen (secondary N) is 1. The second kappa shape index (κ2) is 9.77. The molecule has 0 bridgehead atoms. The van der Waals surface area contributed by atoms with E-state index in [1.165, 1.54) is 29.0 Å². The molecule has 1 amide bonds. The van der Waals surface area contributed by atoms with Crippen molar-refractivity contribution in [2.75, 3.05) is 5.32 Å². The Bertz CT molecular complexity index is 1290. The summed E-state index contributed by atoms with van der Waals surface area (Å²) >= 11 is 7.45. The molecule has 2 aromatic heterocycles. The fourth-order valence-electron chi connectivity index (χ4n) is 3.65. The van der Waals surface area contributed by atoms with Gasteiger partial charge < -0.3 is 10.1 Å². The van der Waals surface area contributed by atoms with Crippen molar-refractivity contribution in [1.29, 1.82) is 0 Å². The van der Waals surface area contributed by atoms with Crippen molar-refractivity contribution in [1.82, 2.24) is 9.78 Å². The number of rotatable bonds is 7. The molecule has 1 N–H and O–H groups in total. The van der Waals surface area contributed by atoms with E-state index >= 15 is 0 Å². The minimum Gasteiger partial charge on any atom is -0.488 e. The minimum absolute atomic E-state index is 0.215. The van der Waals surface area contributed by atoms with Crippen LogP contribution >= 0.6 is 22.9 Å². The molecule has 0 atom stereocenters. The molecule has 0 radical (unpaired) electrons. The number of amides is 1. The van der Waals surface area contributed by atoms with E-state index in [9.17, 15) is 9.18 Å². The first kappa shape index (κ1) is 23.0. The first-order valence-electron chi connectivity index (χ1n) is 10.3. The van der Waals surface area contributed by atoms with E-state index in [1.807, 2.05) is 25.3 Å². The lowest BCUT2D eigenvalue weighted by molar-refractivity contribution is 0.103. The Morgan fingerprint density at radius 3 is 2.67 bits per heavy atom. The number of ether oxygens (including phenoxy) is 1. The minimum atomic E-state index is -0.387. The summed E-state index contributed by atoms with van der Waals surface area (Å²) in [5, 5.41) is 9.36. The van der Waals surface area contributed by atoms with Gasteiger partial charge in [-0.05, 0) is 61.0 Å². The van der Waals surface area contributed by atoms with Gasteiger partial charge >= 0.3 is 0 Å². The Morgan fingerprint density at radius 1 is 1.18 bits per heavy atom. The van der Waals surface area contributed by atoms with Gasteiger partial charge in [-0.25, -0.2) is 4.39 Å². The molecule has 4 aromatic rings. The van der Waals surface area contributed by atoms with E-state index < -0.39 is 0 Å². The van der Waals surface area contributed by atoms with Crippen molar-refractivity contribution in [3.63, 3.8) is 0 Å². The van der Waals surface area contributed by atoms with Crippen LogP contribution < -0.4 is 10.1 Å². The molecule has 2 heterocycles. The number of carbonyl (C=O) groups excluding carboxylic acids is 1. The van der Waals surface area contributed by atoms with Gasteiger partial charge in [0, 0.05) is 16.8 Å². The summed E-state index contributed by atoms with van der Waals surface area (Å²) in [6, 6.07) is 10.3. The van der Waals surface area contributed by atoms with Crippen LogP contribution in [-0.2, 0) is 13.2 Å². The zero-order valence-corrected chi connectivity index (χ0v) is 20.1. The fourth-order valence-corrected chi connectivity index (χ4v) is 4.67. The highest BCUT2D eigenvalue weighted by Gasteiger charge is 2.13. The molecule has 2 aromatic carbocycles. The molecule has 0 spiro atoms. The molecule has 0 aliphatic carbocycles. The quantitative estimate of drug-likeness (QED) is 0.324. The molecule has 170 valence electrons. The molecule has 4 rings (SSSR count). The SMILES string of the molecule is Cc1cc(C)c(OCc2csc(C(=O)Nc3cnn(Cc4ccc(F)cc4Cl)c3)c2)c(C)c1. The molecule has 33 heavy (non-hydrogen) atoms. The molecular formula is C25H23ClFN3O2S. The second-order valence-corrected chi connectivity index (χ2v) is 9.27. The lowest BCUT2D eigenvalue weighted by Crippen LogP contribution is -2.09. The number of benzene rings is 2. The maximum absolute atomic E-state index is 13.2. The van der Waals surface area contributed by atoms with Crippen LogP contribution in [0.25, 0.3) is 0 Å². The van der Waals surface area contributed by atoms with Crippen molar-refractivity contribution in [3.05, 3.63) is 97.7 Å². The standard InChI is InChI=1S/C25H23ClFN3O2S/c1-15-6-16(2)24(17(3)7-15)32-13-18-8-23(33-14-18)25(31)29-21-10-28-30(12-21)11-19-4-5-20(27)9-22(19)26/h4-10,12,14H,11,13H2,1-3H3,(H,29,31). The normalized spacial score (nSPS) is 10.9. The van der Waals surface area contributed by atoms with Gasteiger partial charge in [-0.2, -0.15) is 5.10 Å². The highest BCUT2D eigenvalue weighted by Crippen LogP contribution is 2.26. The van der Waals surface area contributed by atoms with Crippen molar-refractivity contribution in [2.45, 2.75) is 33.9 Å². The van der Waals surface area contributed by atoms with Gasteiger partial charge in [-0.3, -0.25) is 9.48 Å². The van der Waals surface area contributed by atoms with Crippen molar-refractivity contribution in [2.24, 2.45) is 0 Å². The zero-order valence-electron chi connectivity index (χ0n) is 18.5. The van der Waals surface area contributed by atoms with Crippen LogP contribution in [0.1, 0.15) is 37.5 Å². The van der Waals surface area contributed by atoms with Gasteiger partial charge in [-0.1, -0.05) is 35.4 Å². The number of hydrogen-bond donors (Lipinski definition) is 1. The van der Waals surface area contributed by atoms with Gasteiger partial charge in [0.25, 0.3) is 5.91 Å².